The van der Waals surface area contributed by atoms with Crippen LogP contribution >= 0.6 is 61.1 Å². The van der Waals surface area contributed by atoms with Gasteiger partial charge in [-0.25, -0.2) is 5.43 Å². The molecule has 0 unspecified atom stereocenters. The Morgan fingerprint density at radius 2 is 1.82 bits per heavy atom. The highest BCUT2D eigenvalue weighted by Gasteiger charge is 2.05. The van der Waals surface area contributed by atoms with Gasteiger partial charge in [0.15, 0.2) is 0 Å². The number of phenolic OH excluding ortho intramolecular Hbond substituents is 1. The second-order valence-electron chi connectivity index (χ2n) is 4.43. The second kappa shape index (κ2) is 8.25. The fourth-order valence-electron chi connectivity index (χ4n) is 1.67. The summed E-state index contributed by atoms with van der Waals surface area (Å²) in [5.74, 6) is 0.0827. The maximum absolute atomic E-state index is 11.8. The molecule has 2 aromatic carbocycles. The maximum atomic E-state index is 11.8. The minimum absolute atomic E-state index is 0.179. The predicted octanol–water partition coefficient (Wildman–Crippen LogP) is 4.06. The van der Waals surface area contributed by atoms with E-state index in [2.05, 4.69) is 71.6 Å². The van der Waals surface area contributed by atoms with E-state index in [4.69, 9.17) is 0 Å². The summed E-state index contributed by atoms with van der Waals surface area (Å²) in [5, 5.41) is 13.6. The number of benzene rings is 2. The molecule has 2 rings (SSSR count). The van der Waals surface area contributed by atoms with Gasteiger partial charge in [0.1, 0.15) is 5.75 Å². The van der Waals surface area contributed by atoms with Crippen LogP contribution in [0.25, 0.3) is 0 Å². The third-order valence-electron chi connectivity index (χ3n) is 2.72. The molecule has 0 heterocycles. The Balaban J connectivity index is 1.94. The van der Waals surface area contributed by atoms with Crippen molar-refractivity contribution in [2.75, 3.05) is 0 Å². The summed E-state index contributed by atoms with van der Waals surface area (Å²) in [4.78, 5) is 11.8. The quantitative estimate of drug-likeness (QED) is 0.324. The number of halogens is 3. The highest BCUT2D eigenvalue weighted by atomic mass is 127. The largest absolute Gasteiger partial charge is 0.506 e. The van der Waals surface area contributed by atoms with Crippen molar-refractivity contribution < 1.29 is 9.90 Å². The van der Waals surface area contributed by atoms with Crippen LogP contribution in [-0.2, 0) is 11.2 Å². The molecule has 0 saturated carbocycles. The topological polar surface area (TPSA) is 61.7 Å². The molecule has 7 heteroatoms. The van der Waals surface area contributed by atoms with Gasteiger partial charge in [-0.3, -0.25) is 4.79 Å². The van der Waals surface area contributed by atoms with E-state index in [-0.39, 0.29) is 18.1 Å². The van der Waals surface area contributed by atoms with Crippen molar-refractivity contribution in [3.8, 4) is 5.75 Å². The van der Waals surface area contributed by atoms with Crippen LogP contribution in [0.2, 0.25) is 0 Å². The Morgan fingerprint density at radius 1 is 1.23 bits per heavy atom. The van der Waals surface area contributed by atoms with E-state index in [0.717, 1.165) is 22.7 Å². The van der Waals surface area contributed by atoms with Gasteiger partial charge >= 0.3 is 0 Å². The van der Waals surface area contributed by atoms with Gasteiger partial charge in [-0.05, 0) is 80.6 Å². The molecule has 4 nitrogen and oxygen atoms in total. The lowest BCUT2D eigenvalue weighted by atomic mass is 10.1. The average Bonchev–Trinajstić information content (AvgIpc) is 2.47. The Bertz CT molecular complexity index is 695. The molecule has 0 bridgehead atoms. The van der Waals surface area contributed by atoms with Gasteiger partial charge in [-0.15, -0.1) is 0 Å². The summed E-state index contributed by atoms with van der Waals surface area (Å²) in [7, 11) is 0. The standard InChI is InChI=1S/C15H11BrI2N2O2/c16-11-3-1-9(2-4-11)7-14(21)20-19-8-10-5-12(17)15(22)13(18)6-10/h1-6,8,22H,7H2,(H,20,21)/b19-8-. The van der Waals surface area contributed by atoms with E-state index in [9.17, 15) is 9.90 Å². The zero-order chi connectivity index (χ0) is 16.1. The molecule has 0 radical (unpaired) electrons. The van der Waals surface area contributed by atoms with Gasteiger partial charge in [-0.1, -0.05) is 28.1 Å². The monoisotopic (exact) mass is 584 g/mol. The molecule has 1 amide bonds. The smallest absolute Gasteiger partial charge is 0.244 e. The van der Waals surface area contributed by atoms with Crippen molar-refractivity contribution in [3.63, 3.8) is 0 Å². The van der Waals surface area contributed by atoms with E-state index >= 15 is 0 Å². The SMILES string of the molecule is O=C(Cc1ccc(Br)cc1)N/N=C\c1cc(I)c(O)c(I)c1. The van der Waals surface area contributed by atoms with E-state index in [0.29, 0.717) is 0 Å². The molecular formula is C15H11BrI2N2O2. The van der Waals surface area contributed by atoms with Crippen molar-refractivity contribution in [3.05, 3.63) is 59.1 Å². The van der Waals surface area contributed by atoms with Crippen molar-refractivity contribution in [1.82, 2.24) is 5.43 Å². The zero-order valence-electron chi connectivity index (χ0n) is 11.2. The van der Waals surface area contributed by atoms with Crippen molar-refractivity contribution in [2.45, 2.75) is 6.42 Å². The summed E-state index contributed by atoms with van der Waals surface area (Å²) >= 11 is 7.45. The van der Waals surface area contributed by atoms with Crippen LogP contribution in [0.15, 0.2) is 46.0 Å². The van der Waals surface area contributed by atoms with E-state index < -0.39 is 0 Å². The number of amides is 1. The zero-order valence-corrected chi connectivity index (χ0v) is 17.1. The molecule has 2 aromatic rings. The molecule has 0 aliphatic carbocycles. The first-order valence-electron chi connectivity index (χ1n) is 6.20. The van der Waals surface area contributed by atoms with Crippen molar-refractivity contribution >= 4 is 73.2 Å². The molecule has 22 heavy (non-hydrogen) atoms. The average molecular weight is 585 g/mol. The van der Waals surface area contributed by atoms with Gasteiger partial charge in [0.25, 0.3) is 0 Å². The lowest BCUT2D eigenvalue weighted by Crippen LogP contribution is -2.19. The molecule has 0 atom stereocenters. The molecular weight excluding hydrogens is 574 g/mol. The molecule has 0 fully saturated rings. The number of carbonyl (C=O) groups is 1. The van der Waals surface area contributed by atoms with Gasteiger partial charge in [0.05, 0.1) is 19.8 Å². The fourth-order valence-corrected chi connectivity index (χ4v) is 3.75. The van der Waals surface area contributed by atoms with Gasteiger partial charge in [0, 0.05) is 4.47 Å². The van der Waals surface area contributed by atoms with Crippen LogP contribution in [0.3, 0.4) is 0 Å². The van der Waals surface area contributed by atoms with E-state index in [1.54, 1.807) is 18.3 Å². The van der Waals surface area contributed by atoms with Crippen LogP contribution in [0, 0.1) is 7.14 Å². The molecule has 0 aliphatic heterocycles. The minimum atomic E-state index is -0.179. The van der Waals surface area contributed by atoms with Crippen LogP contribution in [0.1, 0.15) is 11.1 Å². The van der Waals surface area contributed by atoms with Crippen molar-refractivity contribution in [2.24, 2.45) is 5.10 Å². The highest BCUT2D eigenvalue weighted by Crippen LogP contribution is 2.26. The summed E-state index contributed by atoms with van der Waals surface area (Å²) in [5.41, 5.74) is 4.24. The number of hydrazone groups is 1. The van der Waals surface area contributed by atoms with Gasteiger partial charge < -0.3 is 5.11 Å². The number of carbonyl (C=O) groups excluding carboxylic acids is 1. The molecule has 0 aliphatic rings. The first-order valence-corrected chi connectivity index (χ1v) is 9.15. The summed E-state index contributed by atoms with van der Waals surface area (Å²) < 4.78 is 2.46. The summed E-state index contributed by atoms with van der Waals surface area (Å²) in [6.07, 6.45) is 1.83. The number of nitrogens with zero attached hydrogens (tertiary/aromatic N) is 1. The lowest BCUT2D eigenvalue weighted by molar-refractivity contribution is -0.120. The fraction of sp³-hybridized carbons (Fsp3) is 0.0667. The summed E-state index contributed by atoms with van der Waals surface area (Å²) in [6, 6.07) is 11.2. The first kappa shape index (κ1) is 17.7. The third-order valence-corrected chi connectivity index (χ3v) is 4.89. The summed E-state index contributed by atoms with van der Waals surface area (Å²) in [6.45, 7) is 0. The van der Waals surface area contributed by atoms with Crippen LogP contribution in [0.4, 0.5) is 0 Å². The molecule has 2 N–H and O–H groups in total. The molecule has 0 aromatic heterocycles. The predicted molar refractivity (Wildman–Crippen MR) is 107 cm³/mol. The Morgan fingerprint density at radius 3 is 2.41 bits per heavy atom. The molecule has 0 saturated heterocycles. The molecule has 114 valence electrons. The number of hydrogen-bond acceptors (Lipinski definition) is 3. The Hall–Kier alpha value is -0.680. The molecule has 0 spiro atoms. The highest BCUT2D eigenvalue weighted by molar-refractivity contribution is 14.1. The van der Waals surface area contributed by atoms with E-state index in [1.807, 2.05) is 24.3 Å². The third kappa shape index (κ3) is 5.20. The number of phenols is 1. The number of aromatic hydroxyl groups is 1. The lowest BCUT2D eigenvalue weighted by Gasteiger charge is -2.03. The van der Waals surface area contributed by atoms with Crippen LogP contribution < -0.4 is 5.43 Å². The number of rotatable bonds is 4. The van der Waals surface area contributed by atoms with Gasteiger partial charge in [0.2, 0.25) is 5.91 Å². The number of nitrogens with one attached hydrogen (secondary N) is 1. The normalized spacial score (nSPS) is 10.9. The Kier molecular flexibility index (Phi) is 6.63. The number of hydrogen-bond donors (Lipinski definition) is 2. The maximum Gasteiger partial charge on any atom is 0.244 e. The van der Waals surface area contributed by atoms with Crippen molar-refractivity contribution in [1.29, 1.82) is 0 Å². The van der Waals surface area contributed by atoms with Crippen LogP contribution in [0.5, 0.6) is 5.75 Å². The van der Waals surface area contributed by atoms with Crippen LogP contribution in [-0.4, -0.2) is 17.2 Å². The van der Waals surface area contributed by atoms with Gasteiger partial charge in [-0.2, -0.15) is 5.10 Å². The van der Waals surface area contributed by atoms with E-state index in [1.165, 1.54) is 0 Å². The minimum Gasteiger partial charge on any atom is -0.506 e. The first-order chi connectivity index (χ1) is 10.5. The Labute approximate surface area is 163 Å². The second-order valence-corrected chi connectivity index (χ2v) is 7.67.